The van der Waals surface area contributed by atoms with Gasteiger partial charge in [0.05, 0.1) is 62.0 Å². The maximum Gasteiger partial charge on any atom is 0.494 e. The third-order valence-electron chi connectivity index (χ3n) is 15.3. The average molecular weight is 1160 g/mol. The molecule has 85 heavy (non-hydrogen) atoms. The summed E-state index contributed by atoms with van der Waals surface area (Å²) in [6.07, 6.45) is 9.49. The highest BCUT2D eigenvalue weighted by molar-refractivity contribution is 6.62. The summed E-state index contributed by atoms with van der Waals surface area (Å²) in [7, 11) is 5.30. The van der Waals surface area contributed by atoms with Crippen molar-refractivity contribution < 1.29 is 42.6 Å². The Morgan fingerprint density at radius 2 is 1.02 bits per heavy atom. The number of benzene rings is 3. The molecule has 0 saturated carbocycles. The Bertz CT molecular complexity index is 3420. The van der Waals surface area contributed by atoms with Gasteiger partial charge in [0, 0.05) is 89.0 Å². The van der Waals surface area contributed by atoms with Crippen LogP contribution in [0.4, 0.5) is 15.5 Å². The predicted molar refractivity (Wildman–Crippen MR) is 324 cm³/mol. The summed E-state index contributed by atoms with van der Waals surface area (Å²) in [6, 6.07) is 27.7. The molecule has 4 saturated heterocycles. The van der Waals surface area contributed by atoms with Gasteiger partial charge < -0.3 is 56.8 Å². The van der Waals surface area contributed by atoms with E-state index in [-0.39, 0.29) is 54.4 Å². The fourth-order valence-electron chi connectivity index (χ4n) is 9.93. The van der Waals surface area contributed by atoms with Gasteiger partial charge in [0.15, 0.2) is 0 Å². The van der Waals surface area contributed by atoms with Crippen LogP contribution in [0.5, 0.6) is 0 Å². The second kappa shape index (κ2) is 25.8. The van der Waals surface area contributed by atoms with E-state index in [1.807, 2.05) is 153 Å². The van der Waals surface area contributed by atoms with Crippen LogP contribution in [-0.4, -0.2) is 149 Å². The zero-order chi connectivity index (χ0) is 60.8. The van der Waals surface area contributed by atoms with E-state index in [0.717, 1.165) is 44.9 Å². The standard InChI is InChI=1S/C23H23N7O2.C21H32BNO5.C19H25N3O3/c1-28-10-9-25-22(28)17-5-3-16(4-6-17)20-14-30(11-12-32-20)23-27-19(13-21(31)29(23)2)18-7-8-24-15-26-18;1-19(2,3)26-18(24)23-12-13-25-17(14-23)15-8-10-16(11-9-15)22-27-20(4,5)21(6,7)28-22;1-19(2,3)25-18(23)22-11-12-24-16(13-22)14-5-7-15(8-6-14)17-20-9-10-21(17)4/h3-10,13,15,20H,11-12,14H2,1-2H3;8-11,17H,12-14H2,1-7H3;5-10,16H,11-13H2,1-4H3. The van der Waals surface area contributed by atoms with Crippen LogP contribution in [0.2, 0.25) is 0 Å². The van der Waals surface area contributed by atoms with Gasteiger partial charge >= 0.3 is 19.3 Å². The first-order chi connectivity index (χ1) is 40.3. The summed E-state index contributed by atoms with van der Waals surface area (Å²) in [5.74, 6) is 2.44. The van der Waals surface area contributed by atoms with Gasteiger partial charge in [0.2, 0.25) is 5.95 Å². The van der Waals surface area contributed by atoms with Gasteiger partial charge in [-0.25, -0.2) is 34.5 Å². The Labute approximate surface area is 498 Å². The Hall–Kier alpha value is -7.76. The fourth-order valence-corrected chi connectivity index (χ4v) is 9.93. The second-order valence-electron chi connectivity index (χ2n) is 24.5. The van der Waals surface area contributed by atoms with E-state index in [1.165, 1.54) is 12.4 Å². The zero-order valence-electron chi connectivity index (χ0n) is 51.2. The highest BCUT2D eigenvalue weighted by Gasteiger charge is 2.51. The summed E-state index contributed by atoms with van der Waals surface area (Å²) in [5.41, 5.74) is 5.52. The van der Waals surface area contributed by atoms with Gasteiger partial charge in [-0.05, 0) is 97.5 Å². The molecule has 4 aliphatic heterocycles. The maximum absolute atomic E-state index is 12.6. The second-order valence-corrected chi connectivity index (χ2v) is 24.5. The Balaban J connectivity index is 0.000000154. The van der Waals surface area contributed by atoms with E-state index >= 15 is 0 Å². The van der Waals surface area contributed by atoms with Crippen molar-refractivity contribution in [2.45, 2.75) is 110 Å². The minimum atomic E-state index is -0.505. The van der Waals surface area contributed by atoms with Crippen molar-refractivity contribution in [3.63, 3.8) is 0 Å². The van der Waals surface area contributed by atoms with Crippen LogP contribution < -0.4 is 15.9 Å². The SMILES string of the molecule is CC(C)(C)OC(=O)N1CCOC(c2ccc(B3OC(C)(C)C(C)(C)O3)cc2)C1.Cn1ccnc1-c1ccc(C2CN(C(=O)OC(C)(C)C)CCO2)cc1.Cn1ccnc1-c1ccc(C2CN(c3nc(-c4ccncn4)cc(=O)n3C)CCO2)cc1. The molecule has 22 heteroatoms. The first-order valence-electron chi connectivity index (χ1n) is 28.8. The molecule has 0 bridgehead atoms. The molecule has 4 fully saturated rings. The molecule has 2 amide bonds. The lowest BCUT2D eigenvalue weighted by Crippen LogP contribution is -2.44. The first-order valence-corrected chi connectivity index (χ1v) is 28.8. The minimum absolute atomic E-state index is 0.126. The largest absolute Gasteiger partial charge is 0.494 e. The monoisotopic (exact) mass is 1160 g/mol. The number of carbonyl (C=O) groups excluding carboxylic acids is 2. The van der Waals surface area contributed by atoms with E-state index in [1.54, 1.807) is 46.1 Å². The van der Waals surface area contributed by atoms with E-state index in [0.29, 0.717) is 76.4 Å². The molecule has 7 aromatic rings. The number of anilines is 1. The number of rotatable bonds is 8. The summed E-state index contributed by atoms with van der Waals surface area (Å²) >= 11 is 0. The van der Waals surface area contributed by atoms with Crippen molar-refractivity contribution in [2.24, 2.45) is 21.1 Å². The highest BCUT2D eigenvalue weighted by atomic mass is 16.7. The molecule has 0 radical (unpaired) electrons. The quantitative estimate of drug-likeness (QED) is 0.130. The van der Waals surface area contributed by atoms with Crippen molar-refractivity contribution >= 4 is 30.7 Å². The zero-order valence-corrected chi connectivity index (χ0v) is 51.2. The number of hydrogen-bond acceptors (Lipinski definition) is 16. The van der Waals surface area contributed by atoms with Crippen LogP contribution in [0.15, 0.2) is 127 Å². The molecular formula is C63H80BN11O10. The molecule has 0 spiro atoms. The lowest BCUT2D eigenvalue weighted by molar-refractivity contribution is -0.0434. The number of morpholine rings is 3. The van der Waals surface area contributed by atoms with Crippen LogP contribution in [0.25, 0.3) is 34.2 Å². The molecule has 4 aromatic heterocycles. The third kappa shape index (κ3) is 15.4. The maximum atomic E-state index is 12.6. The van der Waals surface area contributed by atoms with E-state index in [9.17, 15) is 14.4 Å². The molecule has 21 nitrogen and oxygen atoms in total. The van der Waals surface area contributed by atoms with Gasteiger partial charge in [-0.15, -0.1) is 0 Å². The number of aromatic nitrogens is 8. The van der Waals surface area contributed by atoms with Crippen molar-refractivity contribution in [1.29, 1.82) is 0 Å². The van der Waals surface area contributed by atoms with Crippen molar-refractivity contribution in [2.75, 3.05) is 64.0 Å². The van der Waals surface area contributed by atoms with E-state index < -0.39 is 11.2 Å². The van der Waals surface area contributed by atoms with Crippen molar-refractivity contribution in [1.82, 2.24) is 48.4 Å². The van der Waals surface area contributed by atoms with E-state index in [2.05, 4.69) is 49.1 Å². The summed E-state index contributed by atoms with van der Waals surface area (Å²) in [5, 5.41) is 0. The molecule has 3 atom stereocenters. The number of hydrogen-bond donors (Lipinski definition) is 0. The summed E-state index contributed by atoms with van der Waals surface area (Å²) in [4.78, 5) is 64.4. The predicted octanol–water partition coefficient (Wildman–Crippen LogP) is 8.91. The van der Waals surface area contributed by atoms with Crippen LogP contribution in [0.3, 0.4) is 0 Å². The lowest BCUT2D eigenvalue weighted by atomic mass is 9.78. The lowest BCUT2D eigenvalue weighted by Gasteiger charge is -2.34. The normalized spacial score (nSPS) is 19.5. The molecule has 11 rings (SSSR count). The molecular weight excluding hydrogens is 1080 g/mol. The number of carbonyl (C=O) groups is 2. The van der Waals surface area contributed by atoms with Crippen LogP contribution in [-0.2, 0) is 54.1 Å². The molecule has 8 heterocycles. The molecule has 450 valence electrons. The number of ether oxygens (including phenoxy) is 5. The fraction of sp³-hybridized carbons (Fsp3) is 0.460. The van der Waals surface area contributed by atoms with Crippen LogP contribution in [0.1, 0.15) is 104 Å². The van der Waals surface area contributed by atoms with Crippen molar-refractivity contribution in [3.8, 4) is 34.2 Å². The van der Waals surface area contributed by atoms with Gasteiger partial charge in [-0.3, -0.25) is 9.36 Å². The number of imidazole rings is 2. The van der Waals surface area contributed by atoms with Gasteiger partial charge in [0.1, 0.15) is 47.5 Å². The molecule has 0 N–H and O–H groups in total. The van der Waals surface area contributed by atoms with Crippen molar-refractivity contribution in [3.05, 3.63) is 149 Å². The Morgan fingerprint density at radius 3 is 1.45 bits per heavy atom. The smallest absolute Gasteiger partial charge is 0.444 e. The molecule has 0 aliphatic carbocycles. The van der Waals surface area contributed by atoms with Crippen LogP contribution >= 0.6 is 0 Å². The van der Waals surface area contributed by atoms with Crippen LogP contribution in [0, 0.1) is 0 Å². The third-order valence-corrected chi connectivity index (χ3v) is 15.3. The minimum Gasteiger partial charge on any atom is -0.444 e. The molecule has 3 unspecified atom stereocenters. The summed E-state index contributed by atoms with van der Waals surface area (Å²) < 4.78 is 46.5. The van der Waals surface area contributed by atoms with E-state index in [4.69, 9.17) is 38.0 Å². The highest BCUT2D eigenvalue weighted by Crippen LogP contribution is 2.37. The topological polar surface area (TPSA) is 205 Å². The first kappa shape index (κ1) is 61.8. The van der Waals surface area contributed by atoms with Gasteiger partial charge in [-0.1, -0.05) is 72.8 Å². The number of nitrogens with zero attached hydrogens (tertiary/aromatic N) is 11. The number of aryl methyl sites for hydroxylation is 2. The Kier molecular flexibility index (Phi) is 18.8. The molecule has 3 aromatic carbocycles. The van der Waals surface area contributed by atoms with Gasteiger partial charge in [0.25, 0.3) is 5.56 Å². The number of amides is 2. The Morgan fingerprint density at radius 1 is 0.576 bits per heavy atom. The summed E-state index contributed by atoms with van der Waals surface area (Å²) in [6.45, 7) is 24.3. The average Bonchev–Trinajstić information content (AvgIpc) is 2.90. The molecule has 4 aliphatic rings. The van der Waals surface area contributed by atoms with Gasteiger partial charge in [-0.2, -0.15) is 0 Å².